The third-order valence-electron chi connectivity index (χ3n) is 2.08. The average Bonchev–Trinajstić information content (AvgIpc) is 2.02. The van der Waals surface area contributed by atoms with Crippen LogP contribution in [0.25, 0.3) is 0 Å². The van der Waals surface area contributed by atoms with Crippen LogP contribution in [0.1, 0.15) is 53.4 Å². The quantitative estimate of drug-likeness (QED) is 0.531. The van der Waals surface area contributed by atoms with Crippen molar-refractivity contribution in [2.75, 3.05) is 0 Å². The standard InChI is InChI=1S/C11H22O3/c1-5-7-8-9(6-2)10(12)14-11(3,4)13/h9,13H,5-8H2,1-4H3. The van der Waals surface area contributed by atoms with Gasteiger partial charge in [0.2, 0.25) is 5.79 Å². The summed E-state index contributed by atoms with van der Waals surface area (Å²) in [6.45, 7) is 6.99. The Bertz CT molecular complexity index is 170. The molecule has 0 saturated heterocycles. The number of esters is 1. The lowest BCUT2D eigenvalue weighted by molar-refractivity contribution is -0.199. The molecule has 14 heavy (non-hydrogen) atoms. The Hall–Kier alpha value is -0.570. The first kappa shape index (κ1) is 13.4. The highest BCUT2D eigenvalue weighted by atomic mass is 16.7. The summed E-state index contributed by atoms with van der Waals surface area (Å²) < 4.78 is 4.90. The van der Waals surface area contributed by atoms with Gasteiger partial charge in [-0.1, -0.05) is 26.7 Å². The topological polar surface area (TPSA) is 46.5 Å². The van der Waals surface area contributed by atoms with E-state index in [0.717, 1.165) is 25.7 Å². The van der Waals surface area contributed by atoms with Crippen molar-refractivity contribution >= 4 is 5.97 Å². The summed E-state index contributed by atoms with van der Waals surface area (Å²) in [5, 5.41) is 9.31. The van der Waals surface area contributed by atoms with E-state index in [-0.39, 0.29) is 11.9 Å². The van der Waals surface area contributed by atoms with Crippen LogP contribution in [0.4, 0.5) is 0 Å². The van der Waals surface area contributed by atoms with E-state index in [2.05, 4.69) is 6.92 Å². The summed E-state index contributed by atoms with van der Waals surface area (Å²) in [5.74, 6) is -1.70. The molecule has 0 aromatic heterocycles. The number of unbranched alkanes of at least 4 members (excludes halogenated alkanes) is 1. The lowest BCUT2D eigenvalue weighted by Gasteiger charge is -2.21. The summed E-state index contributed by atoms with van der Waals surface area (Å²) >= 11 is 0. The zero-order chi connectivity index (χ0) is 11.2. The Morgan fingerprint density at radius 3 is 2.36 bits per heavy atom. The van der Waals surface area contributed by atoms with Gasteiger partial charge < -0.3 is 9.84 Å². The lowest BCUT2D eigenvalue weighted by atomic mass is 10.00. The Balaban J connectivity index is 4.04. The molecule has 0 saturated carbocycles. The van der Waals surface area contributed by atoms with E-state index in [4.69, 9.17) is 4.74 Å². The Morgan fingerprint density at radius 1 is 1.43 bits per heavy atom. The summed E-state index contributed by atoms with van der Waals surface area (Å²) in [5.41, 5.74) is 0. The second-order valence-corrected chi connectivity index (χ2v) is 4.12. The first-order valence-electron chi connectivity index (χ1n) is 5.36. The molecule has 3 nitrogen and oxygen atoms in total. The third kappa shape index (κ3) is 5.97. The smallest absolute Gasteiger partial charge is 0.311 e. The molecule has 0 aliphatic carbocycles. The van der Waals surface area contributed by atoms with Gasteiger partial charge in [0, 0.05) is 13.8 Å². The fourth-order valence-corrected chi connectivity index (χ4v) is 1.27. The van der Waals surface area contributed by atoms with Crippen LogP contribution in [-0.4, -0.2) is 16.9 Å². The van der Waals surface area contributed by atoms with Gasteiger partial charge >= 0.3 is 5.97 Å². The van der Waals surface area contributed by atoms with Gasteiger partial charge in [0.15, 0.2) is 0 Å². The molecule has 1 unspecified atom stereocenters. The molecule has 84 valence electrons. The number of rotatable bonds is 6. The van der Waals surface area contributed by atoms with Gasteiger partial charge in [-0.05, 0) is 12.8 Å². The predicted octanol–water partition coefficient (Wildman–Crippen LogP) is 2.47. The van der Waals surface area contributed by atoms with E-state index in [1.54, 1.807) is 0 Å². The van der Waals surface area contributed by atoms with Crippen molar-refractivity contribution in [2.24, 2.45) is 5.92 Å². The summed E-state index contributed by atoms with van der Waals surface area (Å²) in [6.07, 6.45) is 3.72. The molecule has 1 atom stereocenters. The zero-order valence-electron chi connectivity index (χ0n) is 9.67. The first-order valence-corrected chi connectivity index (χ1v) is 5.36. The van der Waals surface area contributed by atoms with Gasteiger partial charge in [-0.3, -0.25) is 4.79 Å². The highest BCUT2D eigenvalue weighted by Crippen LogP contribution is 2.17. The molecule has 0 aromatic carbocycles. The second kappa shape index (κ2) is 6.02. The largest absolute Gasteiger partial charge is 0.434 e. The molecule has 0 amide bonds. The van der Waals surface area contributed by atoms with Crippen LogP contribution in [0.15, 0.2) is 0 Å². The van der Waals surface area contributed by atoms with E-state index in [0.29, 0.717) is 0 Å². The minimum atomic E-state index is -1.35. The van der Waals surface area contributed by atoms with Crippen LogP contribution in [-0.2, 0) is 9.53 Å². The number of carbonyl (C=O) groups is 1. The molecule has 0 rings (SSSR count). The van der Waals surface area contributed by atoms with Crippen molar-refractivity contribution in [3.8, 4) is 0 Å². The highest BCUT2D eigenvalue weighted by Gasteiger charge is 2.24. The maximum absolute atomic E-state index is 11.5. The molecule has 1 N–H and O–H groups in total. The molecule has 0 aliphatic heterocycles. The molecule has 0 aliphatic rings. The fourth-order valence-electron chi connectivity index (χ4n) is 1.27. The monoisotopic (exact) mass is 202 g/mol. The van der Waals surface area contributed by atoms with Crippen molar-refractivity contribution in [3.05, 3.63) is 0 Å². The summed E-state index contributed by atoms with van der Waals surface area (Å²) in [7, 11) is 0. The van der Waals surface area contributed by atoms with Crippen LogP contribution in [0.3, 0.4) is 0 Å². The van der Waals surface area contributed by atoms with Crippen LogP contribution in [0, 0.1) is 5.92 Å². The Morgan fingerprint density at radius 2 is 2.00 bits per heavy atom. The summed E-state index contributed by atoms with van der Waals surface area (Å²) in [4.78, 5) is 11.5. The molecule has 0 radical (unpaired) electrons. The van der Waals surface area contributed by atoms with E-state index in [1.165, 1.54) is 13.8 Å². The Labute approximate surface area is 86.5 Å². The van der Waals surface area contributed by atoms with Crippen molar-refractivity contribution in [1.82, 2.24) is 0 Å². The second-order valence-electron chi connectivity index (χ2n) is 4.12. The molecule has 0 aromatic rings. The molecule has 0 bridgehead atoms. The van der Waals surface area contributed by atoms with Crippen molar-refractivity contribution < 1.29 is 14.6 Å². The van der Waals surface area contributed by atoms with Crippen LogP contribution < -0.4 is 0 Å². The van der Waals surface area contributed by atoms with Crippen molar-refractivity contribution in [2.45, 2.75) is 59.2 Å². The van der Waals surface area contributed by atoms with E-state index < -0.39 is 5.79 Å². The van der Waals surface area contributed by atoms with Gasteiger partial charge in [-0.15, -0.1) is 0 Å². The van der Waals surface area contributed by atoms with E-state index in [9.17, 15) is 9.90 Å². The zero-order valence-corrected chi connectivity index (χ0v) is 9.67. The average molecular weight is 202 g/mol. The van der Waals surface area contributed by atoms with Gasteiger partial charge in [0.1, 0.15) is 0 Å². The number of hydrogen-bond donors (Lipinski definition) is 1. The van der Waals surface area contributed by atoms with Gasteiger partial charge in [0.05, 0.1) is 5.92 Å². The number of aliphatic hydroxyl groups is 1. The maximum atomic E-state index is 11.5. The molecular weight excluding hydrogens is 180 g/mol. The van der Waals surface area contributed by atoms with Gasteiger partial charge in [0.25, 0.3) is 0 Å². The molecule has 0 spiro atoms. The van der Waals surface area contributed by atoms with E-state index in [1.807, 2.05) is 6.92 Å². The Kier molecular flexibility index (Phi) is 5.77. The first-order chi connectivity index (χ1) is 6.40. The minimum absolute atomic E-state index is 0.0682. The number of ether oxygens (including phenoxy) is 1. The van der Waals surface area contributed by atoms with Crippen LogP contribution in [0.5, 0.6) is 0 Å². The predicted molar refractivity (Wildman–Crippen MR) is 55.7 cm³/mol. The number of hydrogen-bond acceptors (Lipinski definition) is 3. The highest BCUT2D eigenvalue weighted by molar-refractivity contribution is 5.72. The lowest BCUT2D eigenvalue weighted by Crippen LogP contribution is -2.31. The molecule has 0 heterocycles. The normalized spacial score (nSPS) is 13.8. The van der Waals surface area contributed by atoms with Crippen molar-refractivity contribution in [1.29, 1.82) is 0 Å². The summed E-state index contributed by atoms with van der Waals surface area (Å²) in [6, 6.07) is 0. The number of carbonyl (C=O) groups excluding carboxylic acids is 1. The van der Waals surface area contributed by atoms with Gasteiger partial charge in [-0.2, -0.15) is 0 Å². The maximum Gasteiger partial charge on any atom is 0.311 e. The van der Waals surface area contributed by atoms with Crippen molar-refractivity contribution in [3.63, 3.8) is 0 Å². The van der Waals surface area contributed by atoms with E-state index >= 15 is 0 Å². The van der Waals surface area contributed by atoms with Gasteiger partial charge in [-0.25, -0.2) is 0 Å². The SMILES string of the molecule is CCCCC(CC)C(=O)OC(C)(C)O. The molecular formula is C11H22O3. The molecule has 0 fully saturated rings. The third-order valence-corrected chi connectivity index (χ3v) is 2.08. The minimum Gasteiger partial charge on any atom is -0.434 e. The van der Waals surface area contributed by atoms with Crippen LogP contribution in [0.2, 0.25) is 0 Å². The molecule has 3 heteroatoms. The van der Waals surface area contributed by atoms with Crippen LogP contribution >= 0.6 is 0 Å². The fraction of sp³-hybridized carbons (Fsp3) is 0.909.